The zero-order valence-corrected chi connectivity index (χ0v) is 10.9. The van der Waals surface area contributed by atoms with Crippen LogP contribution in [0.15, 0.2) is 0 Å². The van der Waals surface area contributed by atoms with Crippen molar-refractivity contribution in [3.63, 3.8) is 0 Å². The maximum absolute atomic E-state index is 12.2. The summed E-state index contributed by atoms with van der Waals surface area (Å²) in [6, 6.07) is 1.89. The number of nitriles is 1. The molecule has 0 bridgehead atoms. The standard InChI is InChI=1S/C12H16F3N5/c13-12(14,15)7-18-11-9(6-16)10(17)20(19-11)8-4-2-1-3-5-8/h8H,1-5,7,17H2,(H,18,19). The van der Waals surface area contributed by atoms with Gasteiger partial charge >= 0.3 is 6.18 Å². The maximum Gasteiger partial charge on any atom is 0.405 e. The van der Waals surface area contributed by atoms with Crippen molar-refractivity contribution < 1.29 is 13.2 Å². The molecule has 0 aliphatic heterocycles. The molecule has 0 spiro atoms. The van der Waals surface area contributed by atoms with Crippen LogP contribution < -0.4 is 11.1 Å². The average molecular weight is 287 g/mol. The molecule has 1 aliphatic carbocycles. The van der Waals surface area contributed by atoms with Gasteiger partial charge in [-0.1, -0.05) is 19.3 Å². The molecule has 1 saturated carbocycles. The van der Waals surface area contributed by atoms with E-state index in [2.05, 4.69) is 10.4 Å². The molecule has 1 fully saturated rings. The SMILES string of the molecule is N#Cc1c(NCC(F)(F)F)nn(C2CCCCC2)c1N. The zero-order chi connectivity index (χ0) is 14.8. The summed E-state index contributed by atoms with van der Waals surface area (Å²) < 4.78 is 38.2. The maximum atomic E-state index is 12.2. The van der Waals surface area contributed by atoms with Crippen LogP contribution in [0.4, 0.5) is 24.8 Å². The normalized spacial score (nSPS) is 16.9. The van der Waals surface area contributed by atoms with Crippen molar-refractivity contribution in [2.75, 3.05) is 17.6 Å². The summed E-state index contributed by atoms with van der Waals surface area (Å²) in [5, 5.41) is 15.2. The lowest BCUT2D eigenvalue weighted by Crippen LogP contribution is -2.22. The molecule has 0 saturated heterocycles. The Morgan fingerprint density at radius 2 is 2.00 bits per heavy atom. The molecular weight excluding hydrogens is 271 g/mol. The van der Waals surface area contributed by atoms with Gasteiger partial charge in [-0.25, -0.2) is 4.68 Å². The molecule has 5 nitrogen and oxygen atoms in total. The molecule has 1 aromatic heterocycles. The first-order chi connectivity index (χ1) is 9.42. The number of hydrogen-bond acceptors (Lipinski definition) is 4. The fraction of sp³-hybridized carbons (Fsp3) is 0.667. The van der Waals surface area contributed by atoms with E-state index in [-0.39, 0.29) is 23.2 Å². The number of rotatable bonds is 3. The van der Waals surface area contributed by atoms with E-state index in [1.807, 2.05) is 6.07 Å². The van der Waals surface area contributed by atoms with Crippen LogP contribution in [0.1, 0.15) is 43.7 Å². The molecule has 8 heteroatoms. The summed E-state index contributed by atoms with van der Waals surface area (Å²) in [5.41, 5.74) is 5.83. The molecule has 1 aliphatic rings. The van der Waals surface area contributed by atoms with E-state index in [4.69, 9.17) is 11.0 Å². The third kappa shape index (κ3) is 3.15. The highest BCUT2D eigenvalue weighted by atomic mass is 19.4. The average Bonchev–Trinajstić information content (AvgIpc) is 2.73. The Morgan fingerprint density at radius 1 is 1.35 bits per heavy atom. The first-order valence-corrected chi connectivity index (χ1v) is 6.51. The Balaban J connectivity index is 2.22. The first kappa shape index (κ1) is 14.5. The topological polar surface area (TPSA) is 79.7 Å². The van der Waals surface area contributed by atoms with Crippen LogP contribution >= 0.6 is 0 Å². The summed E-state index contributed by atoms with van der Waals surface area (Å²) in [6.45, 7) is -1.23. The summed E-state index contributed by atoms with van der Waals surface area (Å²) in [6.07, 6.45) is 0.622. The molecule has 110 valence electrons. The molecule has 1 heterocycles. The number of aromatic nitrogens is 2. The molecule has 0 aromatic carbocycles. The van der Waals surface area contributed by atoms with Gasteiger partial charge in [0.15, 0.2) is 5.82 Å². The van der Waals surface area contributed by atoms with Gasteiger partial charge in [0.25, 0.3) is 0 Å². The van der Waals surface area contributed by atoms with Gasteiger partial charge in [0, 0.05) is 0 Å². The van der Waals surface area contributed by atoms with Gasteiger partial charge in [0.1, 0.15) is 24.0 Å². The number of halogens is 3. The highest BCUT2D eigenvalue weighted by Crippen LogP contribution is 2.33. The summed E-state index contributed by atoms with van der Waals surface area (Å²) in [5.74, 6) is 0.0528. The van der Waals surface area contributed by atoms with Crippen molar-refractivity contribution in [2.45, 2.75) is 44.3 Å². The van der Waals surface area contributed by atoms with Crippen LogP contribution in [0.5, 0.6) is 0 Å². The predicted octanol–water partition coefficient (Wildman–Crippen LogP) is 2.82. The molecule has 0 unspecified atom stereocenters. The Labute approximate surface area is 114 Å². The number of hydrogen-bond donors (Lipinski definition) is 2. The molecule has 1 aromatic rings. The first-order valence-electron chi connectivity index (χ1n) is 6.51. The van der Waals surface area contributed by atoms with E-state index in [1.165, 1.54) is 4.68 Å². The third-order valence-corrected chi connectivity index (χ3v) is 3.44. The molecule has 0 amide bonds. The molecule has 20 heavy (non-hydrogen) atoms. The van der Waals surface area contributed by atoms with Gasteiger partial charge in [0.05, 0.1) is 6.04 Å². The van der Waals surface area contributed by atoms with E-state index in [1.54, 1.807) is 0 Å². The van der Waals surface area contributed by atoms with Crippen molar-refractivity contribution in [1.29, 1.82) is 5.26 Å². The summed E-state index contributed by atoms with van der Waals surface area (Å²) in [7, 11) is 0. The Kier molecular flexibility index (Phi) is 4.06. The number of anilines is 2. The minimum absolute atomic E-state index is 0.0141. The second-order valence-corrected chi connectivity index (χ2v) is 4.93. The lowest BCUT2D eigenvalue weighted by atomic mass is 9.96. The largest absolute Gasteiger partial charge is 0.405 e. The molecule has 2 rings (SSSR count). The third-order valence-electron chi connectivity index (χ3n) is 3.44. The highest BCUT2D eigenvalue weighted by molar-refractivity contribution is 5.64. The van der Waals surface area contributed by atoms with Gasteiger partial charge in [-0.05, 0) is 12.8 Å². The second-order valence-electron chi connectivity index (χ2n) is 4.93. The minimum Gasteiger partial charge on any atom is -0.383 e. The van der Waals surface area contributed by atoms with Crippen LogP contribution in [0.25, 0.3) is 0 Å². The van der Waals surface area contributed by atoms with E-state index >= 15 is 0 Å². The van der Waals surface area contributed by atoms with Crippen molar-refractivity contribution >= 4 is 11.6 Å². The quantitative estimate of drug-likeness (QED) is 0.895. The van der Waals surface area contributed by atoms with Gasteiger partial charge in [0.2, 0.25) is 0 Å². The zero-order valence-electron chi connectivity index (χ0n) is 10.9. The Hall–Kier alpha value is -1.91. The number of nitrogens with zero attached hydrogens (tertiary/aromatic N) is 3. The van der Waals surface area contributed by atoms with Gasteiger partial charge < -0.3 is 11.1 Å². The van der Waals surface area contributed by atoms with Crippen molar-refractivity contribution in [1.82, 2.24) is 9.78 Å². The second kappa shape index (κ2) is 5.61. The van der Waals surface area contributed by atoms with Crippen molar-refractivity contribution in [3.05, 3.63) is 5.56 Å². The Bertz CT molecular complexity index is 508. The molecule has 0 atom stereocenters. The van der Waals surface area contributed by atoms with Crippen LogP contribution in [-0.4, -0.2) is 22.5 Å². The van der Waals surface area contributed by atoms with Gasteiger partial charge in [-0.15, -0.1) is 0 Å². The van der Waals surface area contributed by atoms with Crippen molar-refractivity contribution in [2.24, 2.45) is 0 Å². The number of alkyl halides is 3. The monoisotopic (exact) mass is 287 g/mol. The highest BCUT2D eigenvalue weighted by Gasteiger charge is 2.29. The van der Waals surface area contributed by atoms with E-state index in [0.717, 1.165) is 32.1 Å². The van der Waals surface area contributed by atoms with E-state index in [9.17, 15) is 13.2 Å². The number of nitrogens with two attached hydrogens (primary N) is 1. The van der Waals surface area contributed by atoms with E-state index < -0.39 is 12.7 Å². The molecule has 3 N–H and O–H groups in total. The van der Waals surface area contributed by atoms with Gasteiger partial charge in [-0.2, -0.15) is 23.5 Å². The Morgan fingerprint density at radius 3 is 2.55 bits per heavy atom. The van der Waals surface area contributed by atoms with Crippen molar-refractivity contribution in [3.8, 4) is 6.07 Å². The van der Waals surface area contributed by atoms with Crippen LogP contribution in [0, 0.1) is 11.3 Å². The molecular formula is C12H16F3N5. The summed E-state index contributed by atoms with van der Waals surface area (Å²) in [4.78, 5) is 0. The van der Waals surface area contributed by atoms with E-state index in [0.29, 0.717) is 0 Å². The minimum atomic E-state index is -4.36. The van der Waals surface area contributed by atoms with Crippen LogP contribution in [0.2, 0.25) is 0 Å². The predicted molar refractivity (Wildman–Crippen MR) is 68.0 cm³/mol. The molecule has 0 radical (unpaired) electrons. The summed E-state index contributed by atoms with van der Waals surface area (Å²) >= 11 is 0. The number of nitrogens with one attached hydrogen (secondary N) is 1. The van der Waals surface area contributed by atoms with Crippen LogP contribution in [0.3, 0.4) is 0 Å². The lowest BCUT2D eigenvalue weighted by Gasteiger charge is -2.22. The van der Waals surface area contributed by atoms with Crippen LogP contribution in [-0.2, 0) is 0 Å². The fourth-order valence-electron chi connectivity index (χ4n) is 2.47. The fourth-order valence-corrected chi connectivity index (χ4v) is 2.47. The lowest BCUT2D eigenvalue weighted by molar-refractivity contribution is -0.115. The smallest absolute Gasteiger partial charge is 0.383 e. The van der Waals surface area contributed by atoms with Gasteiger partial charge in [-0.3, -0.25) is 0 Å². The number of nitrogen functional groups attached to an aromatic ring is 1.